The van der Waals surface area contributed by atoms with Crippen molar-refractivity contribution in [3.8, 4) is 6.07 Å². The van der Waals surface area contributed by atoms with E-state index in [4.69, 9.17) is 16.9 Å². The maximum atomic E-state index is 9.39. The molecule has 0 aromatic heterocycles. The Hall–Kier alpha value is -1.24. The number of hydrogen-bond donors (Lipinski definition) is 2. The summed E-state index contributed by atoms with van der Waals surface area (Å²) in [4.78, 5) is 0. The van der Waals surface area contributed by atoms with Gasteiger partial charge in [0.25, 0.3) is 0 Å². The molecule has 3 nitrogen and oxygen atoms in total. The summed E-state index contributed by atoms with van der Waals surface area (Å²) in [6, 6.07) is 7.61. The van der Waals surface area contributed by atoms with Crippen molar-refractivity contribution in [2.75, 3.05) is 11.9 Å². The zero-order valence-corrected chi connectivity index (χ0v) is 11.0. The van der Waals surface area contributed by atoms with E-state index in [1.54, 1.807) is 18.2 Å². The monoisotopic (exact) mass is 264 g/mol. The van der Waals surface area contributed by atoms with Gasteiger partial charge in [0.2, 0.25) is 0 Å². The molecule has 1 aromatic carbocycles. The van der Waals surface area contributed by atoms with Crippen molar-refractivity contribution in [2.24, 2.45) is 5.92 Å². The Morgan fingerprint density at radius 3 is 2.89 bits per heavy atom. The molecule has 1 aliphatic rings. The predicted octanol–water partition coefficient (Wildman–Crippen LogP) is 3.17. The molecule has 96 valence electrons. The first-order valence-electron chi connectivity index (χ1n) is 6.31. The minimum absolute atomic E-state index is 0.195. The van der Waals surface area contributed by atoms with Gasteiger partial charge in [-0.3, -0.25) is 0 Å². The number of rotatable bonds is 3. The number of benzene rings is 1. The fourth-order valence-corrected chi connectivity index (χ4v) is 2.72. The van der Waals surface area contributed by atoms with Crippen LogP contribution in [0.2, 0.25) is 5.02 Å². The molecule has 0 saturated heterocycles. The molecule has 1 fully saturated rings. The smallest absolute Gasteiger partial charge is 0.101 e. The van der Waals surface area contributed by atoms with Crippen LogP contribution in [0, 0.1) is 17.2 Å². The average molecular weight is 265 g/mol. The first-order chi connectivity index (χ1) is 8.74. The van der Waals surface area contributed by atoms with E-state index < -0.39 is 0 Å². The summed E-state index contributed by atoms with van der Waals surface area (Å²) in [5, 5.41) is 22.5. The molecule has 1 aromatic rings. The SMILES string of the molecule is N#Cc1ccc(Cl)cc1NC1CCCCC1CO. The third kappa shape index (κ3) is 2.95. The summed E-state index contributed by atoms with van der Waals surface area (Å²) < 4.78 is 0. The van der Waals surface area contributed by atoms with Crippen LogP contribution in [0.25, 0.3) is 0 Å². The van der Waals surface area contributed by atoms with Crippen molar-refractivity contribution in [1.82, 2.24) is 0 Å². The van der Waals surface area contributed by atoms with E-state index in [-0.39, 0.29) is 18.6 Å². The highest BCUT2D eigenvalue weighted by Crippen LogP contribution is 2.29. The number of hydrogen-bond acceptors (Lipinski definition) is 3. The Labute approximate surface area is 112 Å². The van der Waals surface area contributed by atoms with Crippen molar-refractivity contribution in [3.05, 3.63) is 28.8 Å². The molecule has 0 bridgehead atoms. The standard InChI is InChI=1S/C14H17ClN2O/c15-12-6-5-10(8-16)14(7-12)17-13-4-2-1-3-11(13)9-18/h5-7,11,13,17-18H,1-4,9H2. The average Bonchev–Trinajstić information content (AvgIpc) is 2.40. The van der Waals surface area contributed by atoms with Crippen LogP contribution in [0.15, 0.2) is 18.2 Å². The Morgan fingerprint density at radius 1 is 1.39 bits per heavy atom. The fourth-order valence-electron chi connectivity index (χ4n) is 2.55. The third-order valence-corrected chi connectivity index (χ3v) is 3.82. The lowest BCUT2D eigenvalue weighted by atomic mass is 9.85. The van der Waals surface area contributed by atoms with E-state index >= 15 is 0 Å². The van der Waals surface area contributed by atoms with Crippen molar-refractivity contribution in [3.63, 3.8) is 0 Å². The highest BCUT2D eigenvalue weighted by molar-refractivity contribution is 6.30. The van der Waals surface area contributed by atoms with Crippen LogP contribution in [0.4, 0.5) is 5.69 Å². The Kier molecular flexibility index (Phi) is 4.46. The van der Waals surface area contributed by atoms with Gasteiger partial charge in [-0.15, -0.1) is 0 Å². The van der Waals surface area contributed by atoms with Gasteiger partial charge in [-0.25, -0.2) is 0 Å². The molecule has 1 aliphatic carbocycles. The largest absolute Gasteiger partial charge is 0.396 e. The molecule has 0 heterocycles. The van der Waals surface area contributed by atoms with E-state index in [1.807, 2.05) is 0 Å². The highest BCUT2D eigenvalue weighted by atomic mass is 35.5. The van der Waals surface area contributed by atoms with E-state index in [2.05, 4.69) is 11.4 Å². The lowest BCUT2D eigenvalue weighted by Crippen LogP contribution is -2.34. The van der Waals surface area contributed by atoms with Gasteiger partial charge in [-0.05, 0) is 31.0 Å². The second-order valence-electron chi connectivity index (χ2n) is 4.78. The van der Waals surface area contributed by atoms with E-state index in [0.717, 1.165) is 24.9 Å². The summed E-state index contributed by atoms with van der Waals surface area (Å²) in [6.45, 7) is 0.195. The molecule has 1 saturated carbocycles. The van der Waals surface area contributed by atoms with Crippen LogP contribution in [-0.4, -0.2) is 17.8 Å². The Balaban J connectivity index is 2.17. The minimum Gasteiger partial charge on any atom is -0.396 e. The summed E-state index contributed by atoms with van der Waals surface area (Å²) in [5.74, 6) is 0.268. The molecule has 2 rings (SSSR count). The molecule has 2 atom stereocenters. The van der Waals surface area contributed by atoms with Crippen molar-refractivity contribution >= 4 is 17.3 Å². The van der Waals surface area contributed by atoms with E-state index in [1.165, 1.54) is 6.42 Å². The van der Waals surface area contributed by atoms with Gasteiger partial charge in [0.05, 0.1) is 11.3 Å². The maximum Gasteiger partial charge on any atom is 0.101 e. The number of aliphatic hydroxyl groups is 1. The fraction of sp³-hybridized carbons (Fsp3) is 0.500. The van der Waals surface area contributed by atoms with E-state index in [9.17, 15) is 5.11 Å². The quantitative estimate of drug-likeness (QED) is 0.882. The molecule has 4 heteroatoms. The van der Waals surface area contributed by atoms with Crippen molar-refractivity contribution < 1.29 is 5.11 Å². The zero-order chi connectivity index (χ0) is 13.0. The Bertz CT molecular complexity index is 456. The molecule has 0 aliphatic heterocycles. The van der Waals surface area contributed by atoms with Crippen LogP contribution < -0.4 is 5.32 Å². The van der Waals surface area contributed by atoms with Gasteiger partial charge in [0.1, 0.15) is 6.07 Å². The molecular formula is C14H17ClN2O. The number of anilines is 1. The van der Waals surface area contributed by atoms with Crippen LogP contribution >= 0.6 is 11.6 Å². The van der Waals surface area contributed by atoms with Gasteiger partial charge >= 0.3 is 0 Å². The minimum atomic E-state index is 0.195. The van der Waals surface area contributed by atoms with Crippen molar-refractivity contribution in [2.45, 2.75) is 31.7 Å². The summed E-state index contributed by atoms with van der Waals surface area (Å²) in [6.07, 6.45) is 4.40. The second-order valence-corrected chi connectivity index (χ2v) is 5.22. The van der Waals surface area contributed by atoms with Crippen LogP contribution in [0.1, 0.15) is 31.2 Å². The number of halogens is 1. The summed E-state index contributed by atoms with van der Waals surface area (Å²) in [5.41, 5.74) is 1.37. The van der Waals surface area contributed by atoms with Gasteiger partial charge in [0, 0.05) is 23.6 Å². The lowest BCUT2D eigenvalue weighted by Gasteiger charge is -2.32. The third-order valence-electron chi connectivity index (χ3n) is 3.59. The normalized spacial score (nSPS) is 23.4. The Morgan fingerprint density at radius 2 is 2.17 bits per heavy atom. The van der Waals surface area contributed by atoms with E-state index in [0.29, 0.717) is 10.6 Å². The number of nitrogens with zero attached hydrogens (tertiary/aromatic N) is 1. The molecule has 0 spiro atoms. The van der Waals surface area contributed by atoms with Gasteiger partial charge in [-0.1, -0.05) is 24.4 Å². The second kappa shape index (κ2) is 6.08. The maximum absolute atomic E-state index is 9.39. The summed E-state index contributed by atoms with van der Waals surface area (Å²) in [7, 11) is 0. The number of nitrogens with one attached hydrogen (secondary N) is 1. The van der Waals surface area contributed by atoms with Gasteiger partial charge in [0.15, 0.2) is 0 Å². The summed E-state index contributed by atoms with van der Waals surface area (Å²) >= 11 is 5.96. The van der Waals surface area contributed by atoms with Crippen LogP contribution in [0.3, 0.4) is 0 Å². The van der Waals surface area contributed by atoms with Crippen LogP contribution in [0.5, 0.6) is 0 Å². The van der Waals surface area contributed by atoms with Gasteiger partial charge in [-0.2, -0.15) is 5.26 Å². The molecule has 18 heavy (non-hydrogen) atoms. The molecule has 2 N–H and O–H groups in total. The highest BCUT2D eigenvalue weighted by Gasteiger charge is 2.24. The van der Waals surface area contributed by atoms with Crippen molar-refractivity contribution in [1.29, 1.82) is 5.26 Å². The number of nitriles is 1. The molecule has 2 unspecified atom stereocenters. The molecule has 0 amide bonds. The van der Waals surface area contributed by atoms with Gasteiger partial charge < -0.3 is 10.4 Å². The first-order valence-corrected chi connectivity index (χ1v) is 6.69. The molecular weight excluding hydrogens is 248 g/mol. The number of aliphatic hydroxyl groups excluding tert-OH is 1. The first kappa shape index (κ1) is 13.2. The predicted molar refractivity (Wildman–Crippen MR) is 72.6 cm³/mol. The zero-order valence-electron chi connectivity index (χ0n) is 10.2. The topological polar surface area (TPSA) is 56.0 Å². The lowest BCUT2D eigenvalue weighted by molar-refractivity contribution is 0.178. The molecule has 0 radical (unpaired) electrons. The van der Waals surface area contributed by atoms with Crippen LogP contribution in [-0.2, 0) is 0 Å².